The summed E-state index contributed by atoms with van der Waals surface area (Å²) in [6.07, 6.45) is 0. The Kier molecular flexibility index (Phi) is 6.73. The molecular weight excluding hydrogens is 447 g/mol. The van der Waals surface area contributed by atoms with E-state index in [-0.39, 0.29) is 12.2 Å². The predicted octanol–water partition coefficient (Wildman–Crippen LogP) is 3.69. The van der Waals surface area contributed by atoms with Crippen molar-refractivity contribution in [2.24, 2.45) is 0 Å². The number of rotatable bonds is 6. The number of aromatic nitrogens is 3. The highest BCUT2D eigenvalue weighted by Gasteiger charge is 2.22. The minimum atomic E-state index is -0.822. The van der Waals surface area contributed by atoms with Gasteiger partial charge in [-0.25, -0.2) is 9.18 Å². The summed E-state index contributed by atoms with van der Waals surface area (Å²) in [4.78, 5) is 39.7. The summed E-state index contributed by atoms with van der Waals surface area (Å²) in [5, 5.41) is 6.83. The number of nitrogens with zero attached hydrogens (tertiary/aromatic N) is 3. The van der Waals surface area contributed by atoms with Gasteiger partial charge in [-0.05, 0) is 43.5 Å². The van der Waals surface area contributed by atoms with Crippen LogP contribution in [0.3, 0.4) is 0 Å². The molecule has 178 valence electrons. The summed E-state index contributed by atoms with van der Waals surface area (Å²) in [7, 11) is 0. The van der Waals surface area contributed by atoms with Gasteiger partial charge in [0.25, 0.3) is 11.5 Å². The summed E-state index contributed by atoms with van der Waals surface area (Å²) in [6.45, 7) is 5.24. The van der Waals surface area contributed by atoms with Crippen LogP contribution in [0.25, 0.3) is 5.69 Å². The van der Waals surface area contributed by atoms with E-state index in [1.54, 1.807) is 26.0 Å². The third-order valence-electron chi connectivity index (χ3n) is 5.78. The van der Waals surface area contributed by atoms with Crippen molar-refractivity contribution in [2.45, 2.75) is 33.4 Å². The van der Waals surface area contributed by atoms with Crippen molar-refractivity contribution in [2.75, 3.05) is 0 Å². The highest BCUT2D eigenvalue weighted by Crippen LogP contribution is 2.13. The van der Waals surface area contributed by atoms with Gasteiger partial charge in [0.2, 0.25) is 5.69 Å². The molecule has 1 unspecified atom stereocenters. The van der Waals surface area contributed by atoms with Crippen LogP contribution in [0.5, 0.6) is 0 Å². The molecule has 0 bridgehead atoms. The monoisotopic (exact) mass is 472 g/mol. The van der Waals surface area contributed by atoms with E-state index in [9.17, 15) is 18.8 Å². The van der Waals surface area contributed by atoms with Crippen molar-refractivity contribution in [3.05, 3.63) is 127 Å². The van der Waals surface area contributed by atoms with Crippen molar-refractivity contribution in [1.29, 1.82) is 0 Å². The van der Waals surface area contributed by atoms with Gasteiger partial charge in [-0.3, -0.25) is 14.2 Å². The second kappa shape index (κ2) is 9.89. The standard InChI is InChI=1S/C27H25FN4O3/c1-17-9-12-20(13-10-17)16-31-26(34)24(25(33)29-19(3)21-7-5-4-6-8-21)30-32(27(31)35)22-14-11-18(2)23(28)15-22/h4-15,19H,16H2,1-3H3,(H,29,33). The van der Waals surface area contributed by atoms with Gasteiger partial charge >= 0.3 is 5.69 Å². The first-order valence-electron chi connectivity index (χ1n) is 11.2. The lowest BCUT2D eigenvalue weighted by atomic mass is 10.1. The predicted molar refractivity (Wildman–Crippen MR) is 131 cm³/mol. The van der Waals surface area contributed by atoms with Crippen LogP contribution in [0.15, 0.2) is 82.4 Å². The van der Waals surface area contributed by atoms with E-state index in [0.29, 0.717) is 11.1 Å². The Bertz CT molecular complexity index is 1490. The fourth-order valence-electron chi connectivity index (χ4n) is 3.64. The molecular formula is C27H25FN4O3. The molecule has 0 aliphatic heterocycles. The molecule has 0 aliphatic rings. The molecule has 0 saturated carbocycles. The van der Waals surface area contributed by atoms with Crippen molar-refractivity contribution >= 4 is 5.91 Å². The molecule has 7 nitrogen and oxygen atoms in total. The Balaban J connectivity index is 1.82. The third kappa shape index (κ3) is 5.11. The number of halogens is 1. The SMILES string of the molecule is Cc1ccc(Cn2c(=O)c(C(=O)NC(C)c3ccccc3)nn(-c3ccc(C)c(F)c3)c2=O)cc1. The molecule has 8 heteroatoms. The van der Waals surface area contributed by atoms with Crippen LogP contribution in [0.1, 0.15) is 45.7 Å². The number of hydrogen-bond donors (Lipinski definition) is 1. The zero-order valence-corrected chi connectivity index (χ0v) is 19.7. The van der Waals surface area contributed by atoms with Crippen LogP contribution < -0.4 is 16.6 Å². The Labute approximate surface area is 201 Å². The summed E-state index contributed by atoms with van der Waals surface area (Å²) in [5.74, 6) is -1.26. The Hall–Kier alpha value is -4.33. The van der Waals surface area contributed by atoms with Crippen LogP contribution in [-0.4, -0.2) is 20.3 Å². The topological polar surface area (TPSA) is 86.0 Å². The second-order valence-corrected chi connectivity index (χ2v) is 8.46. The minimum absolute atomic E-state index is 0.0661. The molecule has 1 N–H and O–H groups in total. The van der Waals surface area contributed by atoms with Crippen LogP contribution in [0.2, 0.25) is 0 Å². The summed E-state index contributed by atoms with van der Waals surface area (Å²) in [6, 6.07) is 20.3. The van der Waals surface area contributed by atoms with E-state index in [4.69, 9.17) is 0 Å². The van der Waals surface area contributed by atoms with E-state index >= 15 is 0 Å². The molecule has 1 amide bonds. The van der Waals surface area contributed by atoms with Gasteiger partial charge < -0.3 is 5.32 Å². The molecule has 35 heavy (non-hydrogen) atoms. The molecule has 1 aromatic heterocycles. The lowest BCUT2D eigenvalue weighted by molar-refractivity contribution is 0.0930. The molecule has 4 rings (SSSR count). The van der Waals surface area contributed by atoms with Crippen molar-refractivity contribution in [3.63, 3.8) is 0 Å². The second-order valence-electron chi connectivity index (χ2n) is 8.46. The zero-order valence-electron chi connectivity index (χ0n) is 19.7. The largest absolute Gasteiger partial charge is 0.352 e. The van der Waals surface area contributed by atoms with Gasteiger partial charge in [-0.2, -0.15) is 9.78 Å². The van der Waals surface area contributed by atoms with Gasteiger partial charge in [-0.15, -0.1) is 0 Å². The number of nitrogens with one attached hydrogen (secondary N) is 1. The maximum atomic E-state index is 14.3. The molecule has 0 saturated heterocycles. The maximum Gasteiger partial charge on any atom is 0.352 e. The van der Waals surface area contributed by atoms with E-state index in [0.717, 1.165) is 26.4 Å². The first kappa shape index (κ1) is 23.8. The zero-order chi connectivity index (χ0) is 25.1. The van der Waals surface area contributed by atoms with Crippen LogP contribution in [-0.2, 0) is 6.54 Å². The Morgan fingerprint density at radius 3 is 2.34 bits per heavy atom. The first-order chi connectivity index (χ1) is 16.7. The van der Waals surface area contributed by atoms with E-state index < -0.39 is 34.7 Å². The van der Waals surface area contributed by atoms with Gasteiger partial charge in [0.1, 0.15) is 5.82 Å². The quantitative estimate of drug-likeness (QED) is 0.464. The molecule has 4 aromatic rings. The van der Waals surface area contributed by atoms with E-state index in [1.165, 1.54) is 12.1 Å². The Morgan fingerprint density at radius 2 is 1.69 bits per heavy atom. The smallest absolute Gasteiger partial charge is 0.344 e. The number of hydrogen-bond acceptors (Lipinski definition) is 4. The van der Waals surface area contributed by atoms with Crippen LogP contribution in [0, 0.1) is 19.7 Å². The van der Waals surface area contributed by atoms with E-state index in [1.807, 2.05) is 49.4 Å². The summed E-state index contributed by atoms with van der Waals surface area (Å²) >= 11 is 0. The number of aryl methyl sites for hydroxylation is 2. The lowest BCUT2D eigenvalue weighted by Crippen LogP contribution is -2.46. The molecule has 0 radical (unpaired) electrons. The molecule has 1 heterocycles. The van der Waals surface area contributed by atoms with Crippen molar-refractivity contribution in [1.82, 2.24) is 19.7 Å². The van der Waals surface area contributed by atoms with Crippen molar-refractivity contribution in [3.8, 4) is 5.69 Å². The number of carbonyl (C=O) groups excluding carboxylic acids is 1. The van der Waals surface area contributed by atoms with Gasteiger partial charge in [0.05, 0.1) is 18.3 Å². The van der Waals surface area contributed by atoms with Gasteiger partial charge in [0, 0.05) is 6.07 Å². The molecule has 0 spiro atoms. The van der Waals surface area contributed by atoms with E-state index in [2.05, 4.69) is 10.4 Å². The highest BCUT2D eigenvalue weighted by molar-refractivity contribution is 5.92. The minimum Gasteiger partial charge on any atom is -0.344 e. The third-order valence-corrected chi connectivity index (χ3v) is 5.78. The molecule has 0 aliphatic carbocycles. The summed E-state index contributed by atoms with van der Waals surface area (Å²) < 4.78 is 16.1. The molecule has 1 atom stereocenters. The van der Waals surface area contributed by atoms with Crippen molar-refractivity contribution < 1.29 is 9.18 Å². The van der Waals surface area contributed by atoms with Gasteiger partial charge in [0.15, 0.2) is 0 Å². The molecule has 0 fully saturated rings. The normalized spacial score (nSPS) is 11.8. The first-order valence-corrected chi connectivity index (χ1v) is 11.2. The number of amides is 1. The summed E-state index contributed by atoms with van der Waals surface area (Å²) in [5.41, 5.74) is 1.02. The maximum absolute atomic E-state index is 14.3. The Morgan fingerprint density at radius 1 is 1.00 bits per heavy atom. The lowest BCUT2D eigenvalue weighted by Gasteiger charge is -2.16. The van der Waals surface area contributed by atoms with Crippen LogP contribution in [0.4, 0.5) is 4.39 Å². The van der Waals surface area contributed by atoms with Crippen LogP contribution >= 0.6 is 0 Å². The number of benzene rings is 3. The van der Waals surface area contributed by atoms with Gasteiger partial charge in [-0.1, -0.05) is 66.2 Å². The average molecular weight is 473 g/mol. The fraction of sp³-hybridized carbons (Fsp3) is 0.185. The number of carbonyl (C=O) groups is 1. The average Bonchev–Trinajstić information content (AvgIpc) is 2.85. The highest BCUT2D eigenvalue weighted by atomic mass is 19.1. The molecule has 3 aromatic carbocycles. The fourth-order valence-corrected chi connectivity index (χ4v) is 3.64.